The lowest BCUT2D eigenvalue weighted by Gasteiger charge is -2.12. The van der Waals surface area contributed by atoms with Crippen molar-refractivity contribution in [1.29, 1.82) is 0 Å². The molecule has 2 nitrogen and oxygen atoms in total. The van der Waals surface area contributed by atoms with Crippen LogP contribution in [0.15, 0.2) is 12.1 Å². The summed E-state index contributed by atoms with van der Waals surface area (Å²) in [6.07, 6.45) is 3.65. The van der Waals surface area contributed by atoms with Crippen LogP contribution in [0, 0.1) is 13.8 Å². The first-order valence-corrected chi connectivity index (χ1v) is 5.69. The number of hydrogen-bond donors (Lipinski definition) is 2. The van der Waals surface area contributed by atoms with E-state index in [2.05, 4.69) is 17.4 Å². The molecule has 82 valence electrons. The number of hydrogen-bond acceptors (Lipinski definition) is 2. The zero-order valence-corrected chi connectivity index (χ0v) is 9.51. The molecule has 2 heteroatoms. The van der Waals surface area contributed by atoms with E-state index in [9.17, 15) is 5.11 Å². The molecule has 0 saturated carbocycles. The summed E-state index contributed by atoms with van der Waals surface area (Å²) in [7, 11) is 0. The summed E-state index contributed by atoms with van der Waals surface area (Å²) in [5.74, 6) is 0.443. The number of benzene rings is 1. The van der Waals surface area contributed by atoms with E-state index in [1.54, 1.807) is 0 Å². The summed E-state index contributed by atoms with van der Waals surface area (Å²) in [6, 6.07) is 4.83. The molecule has 1 aliphatic heterocycles. The maximum absolute atomic E-state index is 9.68. The molecule has 2 N–H and O–H groups in total. The maximum Gasteiger partial charge on any atom is 0.121 e. The van der Waals surface area contributed by atoms with Crippen molar-refractivity contribution in [2.75, 3.05) is 6.54 Å². The number of aromatic hydroxyl groups is 1. The lowest BCUT2D eigenvalue weighted by molar-refractivity contribution is 0.466. The summed E-state index contributed by atoms with van der Waals surface area (Å²) in [5, 5.41) is 13.2. The molecule has 0 aromatic heterocycles. The molecular formula is C13H19NO. The van der Waals surface area contributed by atoms with Crippen molar-refractivity contribution in [2.24, 2.45) is 0 Å². The normalized spacial score (nSPS) is 20.8. The average molecular weight is 205 g/mol. The number of aryl methyl sites for hydroxylation is 2. The minimum Gasteiger partial charge on any atom is -0.507 e. The van der Waals surface area contributed by atoms with Gasteiger partial charge in [0.25, 0.3) is 0 Å². The van der Waals surface area contributed by atoms with Crippen LogP contribution in [0.4, 0.5) is 0 Å². The molecule has 2 rings (SSSR count). The Morgan fingerprint density at radius 1 is 1.33 bits per heavy atom. The largest absolute Gasteiger partial charge is 0.507 e. The molecule has 1 fully saturated rings. The van der Waals surface area contributed by atoms with Crippen molar-refractivity contribution in [3.63, 3.8) is 0 Å². The second kappa shape index (κ2) is 4.23. The Hall–Kier alpha value is -1.02. The first-order chi connectivity index (χ1) is 7.16. The van der Waals surface area contributed by atoms with Gasteiger partial charge in [0.2, 0.25) is 0 Å². The molecular weight excluding hydrogens is 186 g/mol. The standard InChI is InChI=1S/C13H19NO/c1-9-6-11(7-10(2)13(9)15)8-12-4-3-5-14-12/h6-7,12,14-15H,3-5,8H2,1-2H3. The van der Waals surface area contributed by atoms with Crippen LogP contribution in [0.1, 0.15) is 29.5 Å². The van der Waals surface area contributed by atoms with Crippen molar-refractivity contribution in [1.82, 2.24) is 5.32 Å². The second-order valence-electron chi connectivity index (χ2n) is 4.58. The monoisotopic (exact) mass is 205 g/mol. The van der Waals surface area contributed by atoms with E-state index < -0.39 is 0 Å². The molecule has 0 radical (unpaired) electrons. The van der Waals surface area contributed by atoms with Crippen LogP contribution in [0.25, 0.3) is 0 Å². The van der Waals surface area contributed by atoms with E-state index in [-0.39, 0.29) is 0 Å². The molecule has 1 aromatic carbocycles. The molecule has 15 heavy (non-hydrogen) atoms. The van der Waals surface area contributed by atoms with Crippen molar-refractivity contribution >= 4 is 0 Å². The second-order valence-corrected chi connectivity index (χ2v) is 4.58. The summed E-state index contributed by atoms with van der Waals surface area (Å²) in [4.78, 5) is 0. The number of phenolic OH excluding ortho intramolecular Hbond substituents is 1. The first kappa shape index (κ1) is 10.5. The minimum atomic E-state index is 0.443. The van der Waals surface area contributed by atoms with Gasteiger partial charge in [0.05, 0.1) is 0 Å². The third kappa shape index (κ3) is 2.32. The highest BCUT2D eigenvalue weighted by Gasteiger charge is 2.15. The van der Waals surface area contributed by atoms with Crippen molar-refractivity contribution in [3.8, 4) is 5.75 Å². The highest BCUT2D eigenvalue weighted by atomic mass is 16.3. The van der Waals surface area contributed by atoms with Crippen molar-refractivity contribution < 1.29 is 5.11 Å². The Bertz CT molecular complexity index is 331. The van der Waals surface area contributed by atoms with Gasteiger partial charge < -0.3 is 10.4 Å². The zero-order chi connectivity index (χ0) is 10.8. The SMILES string of the molecule is Cc1cc(CC2CCCN2)cc(C)c1O. The van der Waals surface area contributed by atoms with Gasteiger partial charge in [-0.15, -0.1) is 0 Å². The van der Waals surface area contributed by atoms with Crippen LogP contribution in [-0.4, -0.2) is 17.7 Å². The number of phenols is 1. The third-order valence-corrected chi connectivity index (χ3v) is 3.20. The molecule has 0 aliphatic carbocycles. The van der Waals surface area contributed by atoms with E-state index in [1.165, 1.54) is 18.4 Å². The van der Waals surface area contributed by atoms with Crippen LogP contribution in [0.5, 0.6) is 5.75 Å². The highest BCUT2D eigenvalue weighted by Crippen LogP contribution is 2.24. The predicted octanol–water partition coefficient (Wildman–Crippen LogP) is 2.30. The van der Waals surface area contributed by atoms with Gasteiger partial charge in [-0.2, -0.15) is 0 Å². The molecule has 0 spiro atoms. The van der Waals surface area contributed by atoms with Crippen molar-refractivity contribution in [2.45, 2.75) is 39.2 Å². The Morgan fingerprint density at radius 3 is 2.53 bits per heavy atom. The van der Waals surface area contributed by atoms with Gasteiger partial charge in [-0.3, -0.25) is 0 Å². The molecule has 1 aromatic rings. The van der Waals surface area contributed by atoms with E-state index in [4.69, 9.17) is 0 Å². The summed E-state index contributed by atoms with van der Waals surface area (Å²) < 4.78 is 0. The van der Waals surface area contributed by atoms with E-state index in [1.807, 2.05) is 13.8 Å². The van der Waals surface area contributed by atoms with E-state index in [0.29, 0.717) is 11.8 Å². The van der Waals surface area contributed by atoms with Gasteiger partial charge in [-0.25, -0.2) is 0 Å². The van der Waals surface area contributed by atoms with Crippen LogP contribution in [0.3, 0.4) is 0 Å². The topological polar surface area (TPSA) is 32.3 Å². The summed E-state index contributed by atoms with van der Waals surface area (Å²) in [6.45, 7) is 5.09. The average Bonchev–Trinajstić information content (AvgIpc) is 2.66. The minimum absolute atomic E-state index is 0.443. The Morgan fingerprint density at radius 2 is 2.00 bits per heavy atom. The molecule has 1 saturated heterocycles. The molecule has 1 heterocycles. The lowest BCUT2D eigenvalue weighted by Crippen LogP contribution is -2.23. The quantitative estimate of drug-likeness (QED) is 0.776. The van der Waals surface area contributed by atoms with Gasteiger partial charge in [0.1, 0.15) is 5.75 Å². The zero-order valence-electron chi connectivity index (χ0n) is 9.51. The van der Waals surface area contributed by atoms with Gasteiger partial charge in [0.15, 0.2) is 0 Å². The number of nitrogens with one attached hydrogen (secondary N) is 1. The van der Waals surface area contributed by atoms with Gasteiger partial charge in [0, 0.05) is 6.04 Å². The smallest absolute Gasteiger partial charge is 0.121 e. The van der Waals surface area contributed by atoms with E-state index >= 15 is 0 Å². The summed E-state index contributed by atoms with van der Waals surface area (Å²) in [5.41, 5.74) is 3.31. The lowest BCUT2D eigenvalue weighted by atomic mass is 9.99. The van der Waals surface area contributed by atoms with E-state index in [0.717, 1.165) is 24.1 Å². The highest BCUT2D eigenvalue weighted by molar-refractivity contribution is 5.42. The molecule has 0 bridgehead atoms. The Labute approximate surface area is 91.3 Å². The van der Waals surface area contributed by atoms with Crippen LogP contribution in [-0.2, 0) is 6.42 Å². The molecule has 1 aliphatic rings. The summed E-state index contributed by atoms with van der Waals surface area (Å²) >= 11 is 0. The van der Waals surface area contributed by atoms with Crippen LogP contribution >= 0.6 is 0 Å². The van der Waals surface area contributed by atoms with Crippen LogP contribution in [0.2, 0.25) is 0 Å². The Balaban J connectivity index is 2.14. The van der Waals surface area contributed by atoms with Gasteiger partial charge in [-0.1, -0.05) is 12.1 Å². The number of rotatable bonds is 2. The Kier molecular flexibility index (Phi) is 2.96. The van der Waals surface area contributed by atoms with Gasteiger partial charge in [-0.05, 0) is 56.3 Å². The van der Waals surface area contributed by atoms with Crippen molar-refractivity contribution in [3.05, 3.63) is 28.8 Å². The molecule has 0 amide bonds. The predicted molar refractivity (Wildman–Crippen MR) is 62.3 cm³/mol. The fourth-order valence-electron chi connectivity index (χ4n) is 2.38. The molecule has 1 atom stereocenters. The molecule has 1 unspecified atom stereocenters. The fourth-order valence-corrected chi connectivity index (χ4v) is 2.38. The maximum atomic E-state index is 9.68. The fraction of sp³-hybridized carbons (Fsp3) is 0.538. The first-order valence-electron chi connectivity index (χ1n) is 5.69. The van der Waals surface area contributed by atoms with Crippen LogP contribution < -0.4 is 5.32 Å². The third-order valence-electron chi connectivity index (χ3n) is 3.20. The van der Waals surface area contributed by atoms with Gasteiger partial charge >= 0.3 is 0 Å².